The zero-order chi connectivity index (χ0) is 50.1. The topological polar surface area (TPSA) is 150 Å². The van der Waals surface area contributed by atoms with E-state index in [0.717, 1.165) is 22.3 Å². The molecule has 0 aromatic heterocycles. The molecule has 4 aromatic rings. The highest BCUT2D eigenvalue weighted by molar-refractivity contribution is 7.90. The van der Waals surface area contributed by atoms with Gasteiger partial charge in [-0.3, -0.25) is 0 Å². The summed E-state index contributed by atoms with van der Waals surface area (Å²) in [5.74, 6) is -0.356. The van der Waals surface area contributed by atoms with E-state index >= 15 is 0 Å². The predicted molar refractivity (Wildman–Crippen MR) is 270 cm³/mol. The largest absolute Gasteiger partial charge is 0.243 e. The third kappa shape index (κ3) is 11.9. The molecule has 0 heterocycles. The molecule has 0 N–H and O–H groups in total. The van der Waals surface area contributed by atoms with Crippen LogP contribution in [0.15, 0.2) is 68.1 Å². The highest BCUT2D eigenvalue weighted by Gasteiger charge is 2.44. The van der Waals surface area contributed by atoms with Gasteiger partial charge in [0.2, 0.25) is 40.1 Å². The summed E-state index contributed by atoms with van der Waals surface area (Å²) in [6.45, 7) is 26.6. The van der Waals surface area contributed by atoms with Gasteiger partial charge < -0.3 is 0 Å². The van der Waals surface area contributed by atoms with Crippen LogP contribution in [0, 0.1) is 94.9 Å². The quantitative estimate of drug-likeness (QED) is 0.0758. The molecule has 0 spiro atoms. The van der Waals surface area contributed by atoms with Crippen LogP contribution in [0.3, 0.4) is 0 Å². The molecule has 370 valence electrons. The van der Waals surface area contributed by atoms with Gasteiger partial charge in [-0.2, -0.15) is 17.2 Å². The highest BCUT2D eigenvalue weighted by atomic mass is 32.2. The van der Waals surface area contributed by atoms with Gasteiger partial charge in [-0.15, -0.1) is 0 Å². The van der Waals surface area contributed by atoms with Crippen molar-refractivity contribution in [2.75, 3.05) is 52.4 Å². The molecule has 1 aliphatic carbocycles. The van der Waals surface area contributed by atoms with Gasteiger partial charge in [-0.25, -0.2) is 33.7 Å². The Morgan fingerprint density at radius 1 is 0.358 bits per heavy atom. The minimum atomic E-state index is -4.08. The van der Waals surface area contributed by atoms with Crippen molar-refractivity contribution in [3.8, 4) is 0 Å². The molecular formula is C51H74N4O8S4. The molecule has 1 fully saturated rings. The Morgan fingerprint density at radius 2 is 0.552 bits per heavy atom. The van der Waals surface area contributed by atoms with Crippen LogP contribution in [-0.4, -0.2) is 103 Å². The third-order valence-electron chi connectivity index (χ3n) is 13.1. The molecule has 1 saturated carbocycles. The molecule has 0 aliphatic heterocycles. The number of hydrogen-bond acceptors (Lipinski definition) is 8. The molecule has 0 radical (unpaired) electrons. The van der Waals surface area contributed by atoms with Crippen LogP contribution in [-0.2, 0) is 40.1 Å². The molecule has 5 rings (SSSR count). The van der Waals surface area contributed by atoms with Crippen LogP contribution in [0.4, 0.5) is 0 Å². The first-order valence-electron chi connectivity index (χ1n) is 23.4. The van der Waals surface area contributed by atoms with Gasteiger partial charge in [0, 0.05) is 52.4 Å². The summed E-state index contributed by atoms with van der Waals surface area (Å²) in [6, 6.07) is 14.8. The van der Waals surface area contributed by atoms with Gasteiger partial charge in [0.05, 0.1) is 19.6 Å². The molecule has 0 bridgehead atoms. The van der Waals surface area contributed by atoms with Crippen molar-refractivity contribution < 1.29 is 33.7 Å². The van der Waals surface area contributed by atoms with Crippen molar-refractivity contribution in [2.45, 2.75) is 136 Å². The second-order valence-electron chi connectivity index (χ2n) is 19.1. The van der Waals surface area contributed by atoms with Crippen LogP contribution >= 0.6 is 0 Å². The molecule has 12 nitrogen and oxygen atoms in total. The first-order valence-corrected chi connectivity index (χ1v) is 29.2. The van der Waals surface area contributed by atoms with Crippen molar-refractivity contribution in [3.05, 3.63) is 115 Å². The average Bonchev–Trinajstić information content (AvgIpc) is 3.91. The zero-order valence-electron chi connectivity index (χ0n) is 42.2. The van der Waals surface area contributed by atoms with E-state index in [2.05, 4.69) is 0 Å². The van der Waals surface area contributed by atoms with Gasteiger partial charge >= 0.3 is 0 Å². The standard InChI is InChI=1S/C51H74N4O8S4/c1-15-52(64(56,57)48-38(7)23-34(3)24-39(48)8)19-17-21-54(66(60,61)50-42(11)27-36(5)28-43(50)12)32-46-31-47(46)33-55(67(62,63)51-44(13)29-37(6)30-45(51)14)22-18-20-53(16-2)65(58,59)49-40(9)25-35(4)26-41(49)10/h23-30,46-47H,15-22,31-33H2,1-14H3/t46-,47+. The number of aryl methyl sites for hydroxylation is 12. The molecule has 4 aromatic carbocycles. The summed E-state index contributed by atoms with van der Waals surface area (Å²) < 4.78 is 121. The van der Waals surface area contributed by atoms with Crippen molar-refractivity contribution in [1.82, 2.24) is 17.2 Å². The Balaban J connectivity index is 1.43. The smallest absolute Gasteiger partial charge is 0.207 e. The van der Waals surface area contributed by atoms with Crippen LogP contribution in [0.1, 0.15) is 99.9 Å². The lowest BCUT2D eigenvalue weighted by Crippen LogP contribution is -2.39. The Hall–Kier alpha value is -3.48. The van der Waals surface area contributed by atoms with Gasteiger partial charge in [0.1, 0.15) is 0 Å². The molecule has 2 atom stereocenters. The van der Waals surface area contributed by atoms with E-state index in [4.69, 9.17) is 0 Å². The van der Waals surface area contributed by atoms with Crippen LogP contribution in [0.5, 0.6) is 0 Å². The van der Waals surface area contributed by atoms with E-state index < -0.39 is 40.1 Å². The van der Waals surface area contributed by atoms with Crippen LogP contribution in [0.25, 0.3) is 0 Å². The van der Waals surface area contributed by atoms with Crippen molar-refractivity contribution >= 4 is 40.1 Å². The minimum absolute atomic E-state index is 0.0568. The predicted octanol–water partition coefficient (Wildman–Crippen LogP) is 8.91. The summed E-state index contributed by atoms with van der Waals surface area (Å²) >= 11 is 0. The molecule has 0 saturated heterocycles. The average molecular weight is 999 g/mol. The summed E-state index contributed by atoms with van der Waals surface area (Å²) in [5.41, 5.74) is 8.94. The lowest BCUT2D eigenvalue weighted by atomic mass is 10.1. The monoisotopic (exact) mass is 998 g/mol. The highest BCUT2D eigenvalue weighted by Crippen LogP contribution is 2.42. The van der Waals surface area contributed by atoms with Crippen LogP contribution in [0.2, 0.25) is 0 Å². The first-order chi connectivity index (χ1) is 31.1. The Kier molecular flexibility index (Phi) is 17.3. The number of hydrogen-bond donors (Lipinski definition) is 0. The number of rotatable bonds is 22. The lowest BCUT2D eigenvalue weighted by molar-refractivity contribution is 0.332. The SMILES string of the molecule is CCN(CCCN(C[C@H]1C[C@H]1CN(CCCN(CC)S(=O)(=O)c1c(C)cc(C)cc1C)S(=O)(=O)c1c(C)cc(C)cc1C)S(=O)(=O)c1c(C)cc(C)cc1C)S(=O)(=O)c1c(C)cc(C)cc1C. The second kappa shape index (κ2) is 21.3. The third-order valence-corrected chi connectivity index (χ3v) is 22.0. The molecular weight excluding hydrogens is 925 g/mol. The van der Waals surface area contributed by atoms with E-state index in [-0.39, 0.29) is 96.6 Å². The first kappa shape index (κ1) is 54.5. The summed E-state index contributed by atoms with van der Waals surface area (Å²) in [4.78, 5) is 0.989. The van der Waals surface area contributed by atoms with E-state index in [1.54, 1.807) is 69.2 Å². The maximum absolute atomic E-state index is 14.8. The normalized spacial score (nSPS) is 16.0. The molecule has 16 heteroatoms. The van der Waals surface area contributed by atoms with Gasteiger partial charge in [0.25, 0.3) is 0 Å². The number of sulfonamides is 4. The number of nitrogens with zero attached hydrogens (tertiary/aromatic N) is 4. The van der Waals surface area contributed by atoms with Gasteiger partial charge in [-0.05, 0) is 159 Å². The Bertz CT molecular complexity index is 2660. The van der Waals surface area contributed by atoms with Crippen molar-refractivity contribution in [3.63, 3.8) is 0 Å². The lowest BCUT2D eigenvalue weighted by Gasteiger charge is -2.28. The van der Waals surface area contributed by atoms with Gasteiger partial charge in [-0.1, -0.05) is 84.6 Å². The van der Waals surface area contributed by atoms with E-state index in [9.17, 15) is 33.7 Å². The maximum Gasteiger partial charge on any atom is 0.243 e. The van der Waals surface area contributed by atoms with Crippen LogP contribution < -0.4 is 0 Å². The van der Waals surface area contributed by atoms with Gasteiger partial charge in [0.15, 0.2) is 0 Å². The van der Waals surface area contributed by atoms with E-state index in [1.165, 1.54) is 17.2 Å². The van der Waals surface area contributed by atoms with E-state index in [1.807, 2.05) is 76.2 Å². The summed E-state index contributed by atoms with van der Waals surface area (Å²) in [7, 11) is -15.9. The Morgan fingerprint density at radius 3 is 0.761 bits per heavy atom. The summed E-state index contributed by atoms with van der Waals surface area (Å²) in [6.07, 6.45) is 1.06. The molecule has 0 amide bonds. The molecule has 0 unspecified atom stereocenters. The molecule has 1 aliphatic rings. The zero-order valence-corrected chi connectivity index (χ0v) is 45.5. The van der Waals surface area contributed by atoms with E-state index in [0.29, 0.717) is 50.9 Å². The van der Waals surface area contributed by atoms with Crippen molar-refractivity contribution in [2.24, 2.45) is 11.8 Å². The maximum atomic E-state index is 14.8. The fraction of sp³-hybridized carbons (Fsp3) is 0.529. The second-order valence-corrected chi connectivity index (χ2v) is 26.6. The minimum Gasteiger partial charge on any atom is -0.207 e. The van der Waals surface area contributed by atoms with Crippen molar-refractivity contribution in [1.29, 1.82) is 0 Å². The fourth-order valence-electron chi connectivity index (χ4n) is 10.5. The summed E-state index contributed by atoms with van der Waals surface area (Å²) in [5, 5.41) is 0. The Labute approximate surface area is 404 Å². The number of benzene rings is 4. The molecule has 67 heavy (non-hydrogen) atoms. The fourth-order valence-corrected chi connectivity index (χ4v) is 18.1.